The van der Waals surface area contributed by atoms with E-state index in [9.17, 15) is 0 Å². The average Bonchev–Trinajstić information content (AvgIpc) is 3.77. The van der Waals surface area contributed by atoms with Crippen molar-refractivity contribution in [1.29, 1.82) is 0 Å². The van der Waals surface area contributed by atoms with Crippen molar-refractivity contribution in [2.24, 2.45) is 0 Å². The lowest BCUT2D eigenvalue weighted by atomic mass is 9.90. The van der Waals surface area contributed by atoms with Gasteiger partial charge in [-0.05, 0) is 79.8 Å². The summed E-state index contributed by atoms with van der Waals surface area (Å²) in [6.45, 7) is 24.0. The highest BCUT2D eigenvalue weighted by atomic mass is 79.9. The van der Waals surface area contributed by atoms with Crippen LogP contribution in [0.5, 0.6) is 5.75 Å². The van der Waals surface area contributed by atoms with Gasteiger partial charge < -0.3 is 14.7 Å². The summed E-state index contributed by atoms with van der Waals surface area (Å²) < 4.78 is 6.80. The summed E-state index contributed by atoms with van der Waals surface area (Å²) >= 11 is 3.59. The van der Waals surface area contributed by atoms with Crippen molar-refractivity contribution < 1.29 is 9.84 Å². The first-order chi connectivity index (χ1) is 18.9. The fourth-order valence-electron chi connectivity index (χ4n) is 3.04. The summed E-state index contributed by atoms with van der Waals surface area (Å²) in [5.41, 5.74) is 5.65. The minimum absolute atomic E-state index is 0.250. The molecule has 1 fully saturated rings. The number of halogens is 1. The van der Waals surface area contributed by atoms with E-state index in [4.69, 9.17) is 9.84 Å². The van der Waals surface area contributed by atoms with Gasteiger partial charge in [-0.15, -0.1) is 0 Å². The van der Waals surface area contributed by atoms with Crippen LogP contribution in [0.1, 0.15) is 79.4 Å². The molecule has 0 aliphatic carbocycles. The van der Waals surface area contributed by atoms with E-state index in [0.29, 0.717) is 0 Å². The molecule has 3 nitrogen and oxygen atoms in total. The van der Waals surface area contributed by atoms with E-state index in [1.807, 2.05) is 45.9 Å². The van der Waals surface area contributed by atoms with Gasteiger partial charge in [0.15, 0.2) is 0 Å². The maximum absolute atomic E-state index is 7.57. The summed E-state index contributed by atoms with van der Waals surface area (Å²) in [6.07, 6.45) is 8.25. The van der Waals surface area contributed by atoms with Crippen LogP contribution >= 0.6 is 15.9 Å². The van der Waals surface area contributed by atoms with Crippen LogP contribution in [0.2, 0.25) is 0 Å². The Balaban J connectivity index is 0. The fourth-order valence-corrected chi connectivity index (χ4v) is 3.50. The third-order valence-corrected chi connectivity index (χ3v) is 5.62. The zero-order valence-corrected chi connectivity index (χ0v) is 27.6. The summed E-state index contributed by atoms with van der Waals surface area (Å²) in [6, 6.07) is 18.7. The van der Waals surface area contributed by atoms with Crippen LogP contribution in [0.3, 0.4) is 0 Å². The Morgan fingerprint density at radius 3 is 1.87 bits per heavy atom. The first kappa shape index (κ1) is 38.7. The first-order valence-corrected chi connectivity index (χ1v) is 15.2. The van der Waals surface area contributed by atoms with Gasteiger partial charge >= 0.3 is 0 Å². The monoisotopic (exact) mass is 599 g/mol. The van der Waals surface area contributed by atoms with E-state index in [-0.39, 0.29) is 6.61 Å². The molecule has 0 atom stereocenters. The summed E-state index contributed by atoms with van der Waals surface area (Å²) in [5, 5.41) is 7.57. The molecule has 0 aromatic heterocycles. The molecule has 1 aliphatic heterocycles. The van der Waals surface area contributed by atoms with Crippen molar-refractivity contribution in [3.8, 4) is 5.75 Å². The Morgan fingerprint density at radius 2 is 1.44 bits per heavy atom. The second-order valence-corrected chi connectivity index (χ2v) is 9.13. The molecule has 1 saturated heterocycles. The van der Waals surface area contributed by atoms with E-state index in [2.05, 4.69) is 110 Å². The van der Waals surface area contributed by atoms with Crippen LogP contribution in [0, 0.1) is 0 Å². The summed E-state index contributed by atoms with van der Waals surface area (Å²) in [7, 11) is 2.11. The van der Waals surface area contributed by atoms with Crippen LogP contribution in [0.25, 0.3) is 11.1 Å². The molecule has 2 aromatic rings. The highest BCUT2D eigenvalue weighted by Gasteiger charge is 2.11. The summed E-state index contributed by atoms with van der Waals surface area (Å²) in [5.74, 6) is 0.900. The van der Waals surface area contributed by atoms with Gasteiger partial charge in [0.25, 0.3) is 0 Å². The van der Waals surface area contributed by atoms with E-state index in [1.54, 1.807) is 6.92 Å². The van der Waals surface area contributed by atoms with Crippen molar-refractivity contribution in [2.45, 2.75) is 68.2 Å². The zero-order valence-electron chi connectivity index (χ0n) is 26.1. The highest BCUT2D eigenvalue weighted by molar-refractivity contribution is 9.11. The highest BCUT2D eigenvalue weighted by Crippen LogP contribution is 2.33. The molecule has 0 spiro atoms. The number of hydrogen-bond donors (Lipinski definition) is 1. The normalized spacial score (nSPS) is 12.6. The minimum atomic E-state index is 0.250. The number of rotatable bonds is 9. The maximum Gasteiger partial charge on any atom is 0.119 e. The van der Waals surface area contributed by atoms with E-state index < -0.39 is 0 Å². The molecule has 0 radical (unpaired) electrons. The predicted octanol–water partition coefficient (Wildman–Crippen LogP) is 10.2. The number of ether oxygens (including phenoxy) is 1. The van der Waals surface area contributed by atoms with Gasteiger partial charge in [0.1, 0.15) is 5.75 Å². The van der Waals surface area contributed by atoms with Gasteiger partial charge in [-0.1, -0.05) is 119 Å². The Bertz CT molecular complexity index is 956. The van der Waals surface area contributed by atoms with Crippen LogP contribution in [-0.4, -0.2) is 43.4 Å². The summed E-state index contributed by atoms with van der Waals surface area (Å²) in [4.78, 5) is 2.25. The molecule has 218 valence electrons. The predicted molar refractivity (Wildman–Crippen MR) is 180 cm³/mol. The van der Waals surface area contributed by atoms with Gasteiger partial charge in [-0.2, -0.15) is 0 Å². The fraction of sp³-hybridized carbons (Fsp3) is 0.429. The SMILES string of the molecule is C=C(/C=C\C(Br)=C/CC)/C(=C(\C)c1ccccc1)c1ccc(OCCC)cc1.CC.CC.CCO.CN1CC1. The third kappa shape index (κ3) is 18.5. The van der Waals surface area contributed by atoms with Crippen molar-refractivity contribution in [1.82, 2.24) is 4.90 Å². The van der Waals surface area contributed by atoms with Crippen LogP contribution < -0.4 is 4.74 Å². The quantitative estimate of drug-likeness (QED) is 0.177. The standard InChI is InChI=1S/C26H29BrO.C3H7N.C2H6O.2C2H6/c1-5-10-24(27)16-13-20(3)26(21(4)22-11-8-7-9-12-22)23-14-17-25(18-15-23)28-19-6-2;1-4-2-3-4;1-2-3;2*1-2/h7-18H,3,5-6,19H2,1-2,4H3;2-3H2,1H3;3H,2H2,1H3;2*1-2H3/b16-13-,24-10+,26-21-;;;;. The largest absolute Gasteiger partial charge is 0.494 e. The number of nitrogens with zero attached hydrogens (tertiary/aromatic N) is 1. The number of likely N-dealkylation sites (N-methyl/N-ethyl adjacent to an activating group) is 1. The van der Waals surface area contributed by atoms with Crippen molar-refractivity contribution in [2.75, 3.05) is 33.4 Å². The molecule has 3 rings (SSSR count). The first-order valence-electron chi connectivity index (χ1n) is 14.4. The minimum Gasteiger partial charge on any atom is -0.494 e. The lowest BCUT2D eigenvalue weighted by molar-refractivity contribution is 0.317. The molecular formula is C35H54BrNO2. The molecule has 4 heteroatoms. The molecule has 2 aromatic carbocycles. The molecular weight excluding hydrogens is 546 g/mol. The maximum atomic E-state index is 7.57. The lowest BCUT2D eigenvalue weighted by Gasteiger charge is -2.15. The molecule has 39 heavy (non-hydrogen) atoms. The van der Waals surface area contributed by atoms with Crippen LogP contribution in [0.4, 0.5) is 0 Å². The van der Waals surface area contributed by atoms with Crippen molar-refractivity contribution >= 4 is 27.1 Å². The van der Waals surface area contributed by atoms with E-state index >= 15 is 0 Å². The lowest BCUT2D eigenvalue weighted by Crippen LogP contribution is -1.96. The smallest absolute Gasteiger partial charge is 0.119 e. The molecule has 0 unspecified atom stereocenters. The number of aliphatic hydroxyl groups is 1. The van der Waals surface area contributed by atoms with Crippen molar-refractivity contribution in [3.63, 3.8) is 0 Å². The van der Waals surface area contributed by atoms with Crippen molar-refractivity contribution in [3.05, 3.63) is 101 Å². The molecule has 1 aliphatic rings. The number of allylic oxidation sites excluding steroid dienone is 7. The Labute approximate surface area is 249 Å². The number of benzene rings is 2. The van der Waals surface area contributed by atoms with E-state index in [0.717, 1.165) is 46.4 Å². The van der Waals surface area contributed by atoms with Gasteiger partial charge in [-0.3, -0.25) is 0 Å². The van der Waals surface area contributed by atoms with Gasteiger partial charge in [-0.25, -0.2) is 0 Å². The molecule has 0 bridgehead atoms. The topological polar surface area (TPSA) is 32.5 Å². The van der Waals surface area contributed by atoms with Crippen LogP contribution in [0.15, 0.2) is 89.5 Å². The third-order valence-electron chi connectivity index (χ3n) is 5.03. The van der Waals surface area contributed by atoms with E-state index in [1.165, 1.54) is 24.2 Å². The van der Waals surface area contributed by atoms with Gasteiger partial charge in [0.2, 0.25) is 0 Å². The molecule has 1 heterocycles. The zero-order chi connectivity index (χ0) is 30.1. The second kappa shape index (κ2) is 25.9. The Morgan fingerprint density at radius 1 is 0.923 bits per heavy atom. The molecule has 0 amide bonds. The Kier molecular flexibility index (Phi) is 25.7. The second-order valence-electron chi connectivity index (χ2n) is 8.21. The average molecular weight is 601 g/mol. The van der Waals surface area contributed by atoms with Gasteiger partial charge in [0, 0.05) is 24.2 Å². The number of aliphatic hydroxyl groups excluding tert-OH is 1. The van der Waals surface area contributed by atoms with Gasteiger partial charge in [0.05, 0.1) is 6.61 Å². The number of hydrogen-bond acceptors (Lipinski definition) is 3. The Hall–Kier alpha value is -2.40. The molecule has 0 saturated carbocycles. The van der Waals surface area contributed by atoms with Crippen LogP contribution in [-0.2, 0) is 0 Å². The molecule has 1 N–H and O–H groups in total.